The van der Waals surface area contributed by atoms with Crippen molar-refractivity contribution in [1.82, 2.24) is 10.0 Å². The van der Waals surface area contributed by atoms with E-state index in [1.165, 1.54) is 11.3 Å². The summed E-state index contributed by atoms with van der Waals surface area (Å²) in [5.74, 6) is 0.746. The molecule has 0 aliphatic carbocycles. The lowest BCUT2D eigenvalue weighted by atomic mass is 10.2. The number of hydrogen-bond donors (Lipinski definition) is 2. The first kappa shape index (κ1) is 16.0. The molecule has 0 amide bonds. The van der Waals surface area contributed by atoms with E-state index in [0.717, 1.165) is 16.2 Å². The molecular weight excluding hydrogens is 308 g/mol. The van der Waals surface area contributed by atoms with E-state index in [9.17, 15) is 8.42 Å². The quantitative estimate of drug-likeness (QED) is 0.816. The van der Waals surface area contributed by atoms with Crippen molar-refractivity contribution in [3.05, 3.63) is 46.2 Å². The Morgan fingerprint density at radius 2 is 1.86 bits per heavy atom. The summed E-state index contributed by atoms with van der Waals surface area (Å²) in [7, 11) is -0.107. The number of benzene rings is 1. The Balaban J connectivity index is 2.08. The minimum absolute atomic E-state index is 0.251. The van der Waals surface area contributed by atoms with E-state index in [1.54, 1.807) is 37.7 Å². The van der Waals surface area contributed by atoms with Gasteiger partial charge in [-0.15, -0.1) is 11.3 Å². The second-order valence-corrected chi connectivity index (χ2v) is 7.15. The predicted octanol–water partition coefficient (Wildman–Crippen LogP) is 1.95. The van der Waals surface area contributed by atoms with E-state index < -0.39 is 10.0 Å². The van der Waals surface area contributed by atoms with Gasteiger partial charge in [-0.3, -0.25) is 0 Å². The molecule has 0 bridgehead atoms. The van der Waals surface area contributed by atoms with Gasteiger partial charge in [0.25, 0.3) is 0 Å². The Morgan fingerprint density at radius 3 is 2.48 bits per heavy atom. The highest BCUT2D eigenvalue weighted by molar-refractivity contribution is 7.89. The monoisotopic (exact) mass is 326 g/mol. The summed E-state index contributed by atoms with van der Waals surface area (Å²) in [6.07, 6.45) is 0. The molecule has 1 aromatic carbocycles. The van der Waals surface area contributed by atoms with Crippen molar-refractivity contribution >= 4 is 21.4 Å². The third-order valence-electron chi connectivity index (χ3n) is 2.96. The van der Waals surface area contributed by atoms with Crippen molar-refractivity contribution in [2.24, 2.45) is 0 Å². The van der Waals surface area contributed by atoms with Crippen LogP contribution in [0.1, 0.15) is 10.4 Å². The number of sulfonamides is 1. The highest BCUT2D eigenvalue weighted by Gasteiger charge is 2.18. The Labute approximate surface area is 129 Å². The number of nitrogens with one attached hydrogen (secondary N) is 2. The summed E-state index contributed by atoms with van der Waals surface area (Å²) >= 11 is 1.43. The largest absolute Gasteiger partial charge is 0.497 e. The van der Waals surface area contributed by atoms with Gasteiger partial charge in [0.2, 0.25) is 10.0 Å². The molecule has 0 radical (unpaired) electrons. The average Bonchev–Trinajstić information content (AvgIpc) is 2.95. The van der Waals surface area contributed by atoms with E-state index in [2.05, 4.69) is 10.0 Å². The van der Waals surface area contributed by atoms with Crippen LogP contribution in [-0.4, -0.2) is 22.6 Å². The molecule has 0 atom stereocenters. The molecule has 7 heteroatoms. The lowest BCUT2D eigenvalue weighted by Crippen LogP contribution is -2.24. The van der Waals surface area contributed by atoms with E-state index in [-0.39, 0.29) is 6.54 Å². The highest BCUT2D eigenvalue weighted by atomic mass is 32.2. The first-order chi connectivity index (χ1) is 10.1. The van der Waals surface area contributed by atoms with Gasteiger partial charge in [0, 0.05) is 18.0 Å². The SMILES string of the molecule is CNCc1sccc1S(=O)(=O)NCc1ccc(OC)cc1. The third-order valence-corrected chi connectivity index (χ3v) is 5.49. The van der Waals surface area contributed by atoms with Crippen LogP contribution in [0.2, 0.25) is 0 Å². The van der Waals surface area contributed by atoms with E-state index in [4.69, 9.17) is 4.74 Å². The van der Waals surface area contributed by atoms with Gasteiger partial charge in [0.05, 0.1) is 12.0 Å². The van der Waals surface area contributed by atoms with Crippen LogP contribution in [0.5, 0.6) is 5.75 Å². The molecule has 0 saturated carbocycles. The number of hydrogen-bond acceptors (Lipinski definition) is 5. The molecule has 0 unspecified atom stereocenters. The zero-order valence-corrected chi connectivity index (χ0v) is 13.6. The average molecular weight is 326 g/mol. The van der Waals surface area contributed by atoms with E-state index in [0.29, 0.717) is 11.4 Å². The Morgan fingerprint density at radius 1 is 1.14 bits per heavy atom. The maximum atomic E-state index is 12.3. The first-order valence-electron chi connectivity index (χ1n) is 6.40. The molecule has 1 aromatic heterocycles. The summed E-state index contributed by atoms with van der Waals surface area (Å²) in [6, 6.07) is 8.92. The fourth-order valence-electron chi connectivity index (χ4n) is 1.86. The van der Waals surface area contributed by atoms with Crippen molar-refractivity contribution in [3.8, 4) is 5.75 Å². The van der Waals surface area contributed by atoms with Crippen LogP contribution in [0.15, 0.2) is 40.6 Å². The van der Waals surface area contributed by atoms with Crippen LogP contribution in [0, 0.1) is 0 Å². The maximum absolute atomic E-state index is 12.3. The number of ether oxygens (including phenoxy) is 1. The molecule has 5 nitrogen and oxygen atoms in total. The minimum Gasteiger partial charge on any atom is -0.497 e. The molecular formula is C14H18N2O3S2. The van der Waals surface area contributed by atoms with Crippen molar-refractivity contribution < 1.29 is 13.2 Å². The second-order valence-electron chi connectivity index (χ2n) is 4.41. The first-order valence-corrected chi connectivity index (χ1v) is 8.76. The second kappa shape index (κ2) is 7.04. The third kappa shape index (κ3) is 4.04. The Kier molecular flexibility index (Phi) is 5.35. The summed E-state index contributed by atoms with van der Waals surface area (Å²) in [6.45, 7) is 0.789. The molecule has 21 heavy (non-hydrogen) atoms. The predicted molar refractivity (Wildman–Crippen MR) is 84.1 cm³/mol. The normalized spacial score (nSPS) is 11.5. The standard InChI is InChI=1S/C14H18N2O3S2/c1-15-10-13-14(7-8-20-13)21(17,18)16-9-11-3-5-12(19-2)6-4-11/h3-8,15-16H,9-10H2,1-2H3. The molecule has 0 fully saturated rings. The molecule has 0 spiro atoms. The van der Waals surface area contributed by atoms with Crippen LogP contribution in [0.25, 0.3) is 0 Å². The van der Waals surface area contributed by atoms with Gasteiger partial charge in [-0.05, 0) is 36.2 Å². The molecule has 2 N–H and O–H groups in total. The Bertz CT molecular complexity index is 678. The van der Waals surface area contributed by atoms with Crippen LogP contribution < -0.4 is 14.8 Å². The van der Waals surface area contributed by atoms with Crippen LogP contribution in [0.3, 0.4) is 0 Å². The molecule has 0 saturated heterocycles. The van der Waals surface area contributed by atoms with Gasteiger partial charge in [-0.2, -0.15) is 0 Å². The van der Waals surface area contributed by atoms with Crippen LogP contribution in [-0.2, 0) is 23.1 Å². The van der Waals surface area contributed by atoms with Gasteiger partial charge < -0.3 is 10.1 Å². The number of thiophene rings is 1. The summed E-state index contributed by atoms with van der Waals surface area (Å²) in [5.41, 5.74) is 0.879. The maximum Gasteiger partial charge on any atom is 0.242 e. The molecule has 2 rings (SSSR count). The molecule has 114 valence electrons. The van der Waals surface area contributed by atoms with Gasteiger partial charge in [0.1, 0.15) is 5.75 Å². The fourth-order valence-corrected chi connectivity index (χ4v) is 4.33. The Hall–Kier alpha value is -1.41. The molecule has 2 aromatic rings. The van der Waals surface area contributed by atoms with Gasteiger partial charge in [-0.1, -0.05) is 12.1 Å². The van der Waals surface area contributed by atoms with Gasteiger partial charge in [-0.25, -0.2) is 13.1 Å². The summed E-state index contributed by atoms with van der Waals surface area (Å²) in [4.78, 5) is 1.15. The van der Waals surface area contributed by atoms with Crippen molar-refractivity contribution in [1.29, 1.82) is 0 Å². The van der Waals surface area contributed by atoms with Crippen LogP contribution in [0.4, 0.5) is 0 Å². The van der Waals surface area contributed by atoms with Crippen molar-refractivity contribution in [2.45, 2.75) is 18.0 Å². The fraction of sp³-hybridized carbons (Fsp3) is 0.286. The zero-order valence-electron chi connectivity index (χ0n) is 11.9. The lowest BCUT2D eigenvalue weighted by molar-refractivity contribution is 0.414. The molecule has 0 aliphatic rings. The lowest BCUT2D eigenvalue weighted by Gasteiger charge is -2.08. The van der Waals surface area contributed by atoms with Crippen molar-refractivity contribution in [3.63, 3.8) is 0 Å². The van der Waals surface area contributed by atoms with Crippen molar-refractivity contribution in [2.75, 3.05) is 14.2 Å². The van der Waals surface area contributed by atoms with Gasteiger partial charge >= 0.3 is 0 Å². The van der Waals surface area contributed by atoms with E-state index >= 15 is 0 Å². The molecule has 1 heterocycles. The summed E-state index contributed by atoms with van der Waals surface area (Å²) in [5, 5.41) is 4.76. The van der Waals surface area contributed by atoms with Gasteiger partial charge in [0.15, 0.2) is 0 Å². The van der Waals surface area contributed by atoms with E-state index in [1.807, 2.05) is 12.1 Å². The topological polar surface area (TPSA) is 67.4 Å². The highest BCUT2D eigenvalue weighted by Crippen LogP contribution is 2.22. The number of methoxy groups -OCH3 is 1. The van der Waals surface area contributed by atoms with Crippen LogP contribution >= 0.6 is 11.3 Å². The molecule has 0 aliphatic heterocycles. The smallest absolute Gasteiger partial charge is 0.242 e. The number of rotatable bonds is 7. The summed E-state index contributed by atoms with van der Waals surface area (Å²) < 4.78 is 32.4. The zero-order chi connectivity index (χ0) is 15.3. The minimum atomic E-state index is -3.49.